The van der Waals surface area contributed by atoms with E-state index in [-0.39, 0.29) is 18.3 Å². The van der Waals surface area contributed by atoms with Crippen molar-refractivity contribution in [2.24, 2.45) is 11.8 Å². The zero-order chi connectivity index (χ0) is 18.7. The molecule has 4 N–H and O–H groups in total. The third kappa shape index (κ3) is 8.84. The standard InChI is InChI=1S/C20H36O5/c1-2-3-6-9-15(21)12-13-17-16(18(22)14-19(17)23)10-7-4-5-8-11-20(24)25/h12-13,15-19,21-23H,2-11,14H2,1H3,(H,24,25)/t15-,16-,17+,18-,19+/m0/s1. The molecule has 0 saturated heterocycles. The van der Waals surface area contributed by atoms with Crippen molar-refractivity contribution in [3.8, 4) is 0 Å². The predicted molar refractivity (Wildman–Crippen MR) is 98.2 cm³/mol. The van der Waals surface area contributed by atoms with E-state index in [9.17, 15) is 20.1 Å². The van der Waals surface area contributed by atoms with Crippen LogP contribution in [-0.2, 0) is 4.79 Å². The minimum absolute atomic E-state index is 0.0218. The summed E-state index contributed by atoms with van der Waals surface area (Å²) in [6.07, 6.45) is 11.0. The normalized spacial score (nSPS) is 27.8. The van der Waals surface area contributed by atoms with E-state index in [1.807, 2.05) is 6.08 Å². The van der Waals surface area contributed by atoms with Gasteiger partial charge in [0.15, 0.2) is 0 Å². The number of hydrogen-bond donors (Lipinski definition) is 4. The van der Waals surface area contributed by atoms with E-state index < -0.39 is 24.3 Å². The monoisotopic (exact) mass is 356 g/mol. The van der Waals surface area contributed by atoms with Crippen LogP contribution >= 0.6 is 0 Å². The smallest absolute Gasteiger partial charge is 0.303 e. The molecule has 5 heteroatoms. The number of aliphatic hydroxyl groups is 3. The largest absolute Gasteiger partial charge is 0.481 e. The average Bonchev–Trinajstić information content (AvgIpc) is 2.82. The minimum Gasteiger partial charge on any atom is -0.481 e. The molecule has 0 aromatic rings. The molecule has 0 aromatic heterocycles. The van der Waals surface area contributed by atoms with Gasteiger partial charge >= 0.3 is 5.97 Å². The highest BCUT2D eigenvalue weighted by molar-refractivity contribution is 5.66. The first kappa shape index (κ1) is 22.1. The van der Waals surface area contributed by atoms with Crippen LogP contribution in [0.25, 0.3) is 0 Å². The van der Waals surface area contributed by atoms with E-state index >= 15 is 0 Å². The van der Waals surface area contributed by atoms with Crippen molar-refractivity contribution in [1.82, 2.24) is 0 Å². The Morgan fingerprint density at radius 1 is 1.08 bits per heavy atom. The molecule has 1 aliphatic rings. The molecule has 1 aliphatic carbocycles. The van der Waals surface area contributed by atoms with Gasteiger partial charge in [0, 0.05) is 18.8 Å². The van der Waals surface area contributed by atoms with E-state index in [4.69, 9.17) is 5.11 Å². The van der Waals surface area contributed by atoms with Gasteiger partial charge in [-0.3, -0.25) is 4.79 Å². The Labute approximate surface area is 151 Å². The van der Waals surface area contributed by atoms with Gasteiger partial charge in [0.1, 0.15) is 0 Å². The molecule has 0 amide bonds. The topological polar surface area (TPSA) is 98.0 Å². The van der Waals surface area contributed by atoms with Gasteiger partial charge in [-0.15, -0.1) is 0 Å². The Kier molecular flexibility index (Phi) is 11.0. The lowest BCUT2D eigenvalue weighted by molar-refractivity contribution is -0.137. The summed E-state index contributed by atoms with van der Waals surface area (Å²) in [5.74, 6) is -0.833. The molecule has 0 spiro atoms. The molecule has 1 rings (SSSR count). The van der Waals surface area contributed by atoms with E-state index in [1.165, 1.54) is 0 Å². The third-order valence-corrected chi connectivity index (χ3v) is 5.25. The van der Waals surface area contributed by atoms with Crippen LogP contribution in [-0.4, -0.2) is 44.7 Å². The number of aliphatic carboxylic acids is 1. The molecule has 5 nitrogen and oxygen atoms in total. The SMILES string of the molecule is CCCCC[C@H](O)C=C[C@@H]1[C@H](CCCCCCC(=O)O)[C@@H](O)C[C@H]1O. The minimum atomic E-state index is -0.753. The molecule has 0 unspecified atom stereocenters. The van der Waals surface area contributed by atoms with Crippen molar-refractivity contribution in [3.63, 3.8) is 0 Å². The molecule has 0 aliphatic heterocycles. The van der Waals surface area contributed by atoms with Crippen molar-refractivity contribution < 1.29 is 25.2 Å². The molecule has 0 bridgehead atoms. The molecule has 1 saturated carbocycles. The summed E-state index contributed by atoms with van der Waals surface area (Å²) in [6.45, 7) is 2.13. The second kappa shape index (κ2) is 12.4. The van der Waals surface area contributed by atoms with Crippen molar-refractivity contribution in [2.75, 3.05) is 0 Å². The molecule has 146 valence electrons. The van der Waals surface area contributed by atoms with Crippen molar-refractivity contribution >= 4 is 5.97 Å². The van der Waals surface area contributed by atoms with Crippen LogP contribution in [0.2, 0.25) is 0 Å². The first-order chi connectivity index (χ1) is 12.0. The maximum absolute atomic E-state index is 10.5. The predicted octanol–water partition coefficient (Wildman–Crippen LogP) is 3.27. The lowest BCUT2D eigenvalue weighted by atomic mass is 9.88. The highest BCUT2D eigenvalue weighted by atomic mass is 16.4. The van der Waals surface area contributed by atoms with Crippen LogP contribution in [0.3, 0.4) is 0 Å². The zero-order valence-electron chi connectivity index (χ0n) is 15.5. The van der Waals surface area contributed by atoms with E-state index in [2.05, 4.69) is 6.92 Å². The number of carboxylic acids is 1. The summed E-state index contributed by atoms with van der Waals surface area (Å²) in [7, 11) is 0. The number of hydrogen-bond acceptors (Lipinski definition) is 4. The van der Waals surface area contributed by atoms with Gasteiger partial charge < -0.3 is 20.4 Å². The van der Waals surface area contributed by atoms with Crippen LogP contribution in [0.4, 0.5) is 0 Å². The molecule has 1 fully saturated rings. The summed E-state index contributed by atoms with van der Waals surface area (Å²) in [5, 5.41) is 39.0. The van der Waals surface area contributed by atoms with Gasteiger partial charge in [0.2, 0.25) is 0 Å². The number of carbonyl (C=O) groups is 1. The lowest BCUT2D eigenvalue weighted by Gasteiger charge is -2.21. The summed E-state index contributed by atoms with van der Waals surface area (Å²) in [4.78, 5) is 10.5. The number of carboxylic acid groups (broad SMARTS) is 1. The molecule has 0 heterocycles. The Morgan fingerprint density at radius 3 is 2.48 bits per heavy atom. The molecule has 0 aromatic carbocycles. The fourth-order valence-electron chi connectivity index (χ4n) is 3.74. The quantitative estimate of drug-likeness (QED) is 0.300. The molecule has 25 heavy (non-hydrogen) atoms. The number of aliphatic hydroxyl groups excluding tert-OH is 3. The second-order valence-electron chi connectivity index (χ2n) is 7.41. The summed E-state index contributed by atoms with van der Waals surface area (Å²) in [6, 6.07) is 0. The molecular formula is C20H36O5. The number of unbranched alkanes of at least 4 members (excludes halogenated alkanes) is 5. The van der Waals surface area contributed by atoms with Gasteiger partial charge in [-0.25, -0.2) is 0 Å². The average molecular weight is 357 g/mol. The molecule has 5 atom stereocenters. The zero-order valence-corrected chi connectivity index (χ0v) is 15.5. The van der Waals surface area contributed by atoms with Crippen LogP contribution in [0.5, 0.6) is 0 Å². The van der Waals surface area contributed by atoms with Gasteiger partial charge in [-0.1, -0.05) is 57.6 Å². The first-order valence-corrected chi connectivity index (χ1v) is 9.90. The van der Waals surface area contributed by atoms with E-state index in [1.54, 1.807) is 6.08 Å². The Hall–Kier alpha value is -0.910. The van der Waals surface area contributed by atoms with E-state index in [0.717, 1.165) is 51.4 Å². The highest BCUT2D eigenvalue weighted by Crippen LogP contribution is 2.37. The van der Waals surface area contributed by atoms with Gasteiger partial charge in [-0.2, -0.15) is 0 Å². The second-order valence-corrected chi connectivity index (χ2v) is 7.41. The van der Waals surface area contributed by atoms with Crippen LogP contribution in [0.1, 0.15) is 77.6 Å². The fraction of sp³-hybridized carbons (Fsp3) is 0.850. The highest BCUT2D eigenvalue weighted by Gasteiger charge is 2.39. The molecular weight excluding hydrogens is 320 g/mol. The Bertz CT molecular complexity index is 396. The number of rotatable bonds is 13. The van der Waals surface area contributed by atoms with Gasteiger partial charge in [0.25, 0.3) is 0 Å². The summed E-state index contributed by atoms with van der Waals surface area (Å²) < 4.78 is 0. The van der Waals surface area contributed by atoms with Crippen molar-refractivity contribution in [1.29, 1.82) is 0 Å². The maximum Gasteiger partial charge on any atom is 0.303 e. The fourth-order valence-corrected chi connectivity index (χ4v) is 3.74. The molecule has 0 radical (unpaired) electrons. The van der Waals surface area contributed by atoms with Gasteiger partial charge in [-0.05, 0) is 25.2 Å². The van der Waals surface area contributed by atoms with Crippen LogP contribution in [0.15, 0.2) is 12.2 Å². The Balaban J connectivity index is 2.38. The van der Waals surface area contributed by atoms with Crippen LogP contribution in [0, 0.1) is 11.8 Å². The Morgan fingerprint density at radius 2 is 1.80 bits per heavy atom. The summed E-state index contributed by atoms with van der Waals surface area (Å²) in [5.41, 5.74) is 0. The van der Waals surface area contributed by atoms with Crippen LogP contribution < -0.4 is 0 Å². The first-order valence-electron chi connectivity index (χ1n) is 9.90. The maximum atomic E-state index is 10.5. The van der Waals surface area contributed by atoms with Crippen molar-refractivity contribution in [3.05, 3.63) is 12.2 Å². The van der Waals surface area contributed by atoms with Crippen molar-refractivity contribution in [2.45, 2.75) is 95.9 Å². The lowest BCUT2D eigenvalue weighted by Crippen LogP contribution is -2.21. The van der Waals surface area contributed by atoms with E-state index in [0.29, 0.717) is 12.8 Å². The summed E-state index contributed by atoms with van der Waals surface area (Å²) >= 11 is 0. The third-order valence-electron chi connectivity index (χ3n) is 5.25. The van der Waals surface area contributed by atoms with Gasteiger partial charge in [0.05, 0.1) is 18.3 Å².